The van der Waals surface area contributed by atoms with Crippen molar-refractivity contribution >= 4 is 10.1 Å². The van der Waals surface area contributed by atoms with Crippen LogP contribution in [0, 0.1) is 6.92 Å². The van der Waals surface area contributed by atoms with Crippen molar-refractivity contribution in [2.45, 2.75) is 30.2 Å². The van der Waals surface area contributed by atoms with E-state index in [-0.39, 0.29) is 0 Å². The van der Waals surface area contributed by atoms with Crippen LogP contribution in [0.1, 0.15) is 5.56 Å². The average molecular weight is 390 g/mol. The Morgan fingerprint density at radius 3 is 1.58 bits per heavy atom. The zero-order valence-electron chi connectivity index (χ0n) is 11.3. The summed E-state index contributed by atoms with van der Waals surface area (Å²) in [6, 6.07) is 3.60. The third-order valence-corrected chi connectivity index (χ3v) is 3.95. The van der Waals surface area contributed by atoms with E-state index in [1.54, 1.807) is 0 Å². The number of aryl methyl sites for hydroxylation is 1. The van der Waals surface area contributed by atoms with E-state index < -0.39 is 39.1 Å². The summed E-state index contributed by atoms with van der Waals surface area (Å²) in [6.45, 7) is 1.46. The molecule has 0 aromatic heterocycles. The molecule has 13 heteroatoms. The summed E-state index contributed by atoms with van der Waals surface area (Å²) in [5.41, 5.74) is 0.459. The van der Waals surface area contributed by atoms with Crippen molar-refractivity contribution in [1.29, 1.82) is 0 Å². The Hall–Kier alpha value is -1.66. The van der Waals surface area contributed by atoms with E-state index in [9.17, 15) is 47.9 Å². The topological polar surface area (TPSA) is 43.4 Å². The maximum Gasteiger partial charge on any atom is 0.460 e. The van der Waals surface area contributed by atoms with Crippen LogP contribution in [0.4, 0.5) is 39.5 Å². The van der Waals surface area contributed by atoms with Crippen LogP contribution in [0.15, 0.2) is 24.3 Å². The zero-order chi connectivity index (χ0) is 19.2. The highest BCUT2D eigenvalue weighted by Crippen LogP contribution is 2.54. The van der Waals surface area contributed by atoms with Gasteiger partial charge in [0.05, 0.1) is 0 Å². The summed E-state index contributed by atoms with van der Waals surface area (Å²) in [6.07, 6.45) is -7.13. The maximum absolute atomic E-state index is 13.3. The van der Waals surface area contributed by atoms with Crippen LogP contribution in [-0.2, 0) is 10.1 Å². The van der Waals surface area contributed by atoms with Crippen LogP contribution in [-0.4, -0.2) is 31.7 Å². The number of hydrogen-bond acceptors (Lipinski definition) is 3. The molecule has 0 bridgehead atoms. The molecule has 24 heavy (non-hydrogen) atoms. The molecule has 1 aromatic rings. The largest absolute Gasteiger partial charge is 0.460 e. The van der Waals surface area contributed by atoms with Crippen molar-refractivity contribution in [1.82, 2.24) is 0 Å². The lowest BCUT2D eigenvalue weighted by molar-refractivity contribution is -0.382. The smallest absolute Gasteiger partial charge is 0.378 e. The van der Waals surface area contributed by atoms with Crippen molar-refractivity contribution in [3.8, 4) is 5.75 Å². The predicted octanol–water partition coefficient (Wildman–Crippen LogP) is 4.13. The maximum atomic E-state index is 13.3. The first-order valence-corrected chi connectivity index (χ1v) is 7.09. The highest BCUT2D eigenvalue weighted by atomic mass is 32.2. The van der Waals surface area contributed by atoms with Gasteiger partial charge in [-0.2, -0.15) is 47.9 Å². The molecule has 0 amide bonds. The second-order valence-corrected chi connectivity index (χ2v) is 6.10. The van der Waals surface area contributed by atoms with E-state index in [1.165, 1.54) is 6.92 Å². The summed E-state index contributed by atoms with van der Waals surface area (Å²) in [5, 5.41) is -6.87. The minimum atomic E-state index is -7.33. The predicted molar refractivity (Wildman–Crippen MR) is 61.6 cm³/mol. The van der Waals surface area contributed by atoms with Crippen LogP contribution in [0.2, 0.25) is 0 Å². The first kappa shape index (κ1) is 20.4. The summed E-state index contributed by atoms with van der Waals surface area (Å²) in [7, 11) is -6.89. The molecular weight excluding hydrogens is 383 g/mol. The third-order valence-electron chi connectivity index (χ3n) is 2.66. The molecule has 0 radical (unpaired) electrons. The minimum Gasteiger partial charge on any atom is -0.378 e. The van der Waals surface area contributed by atoms with Gasteiger partial charge in [0.1, 0.15) is 5.75 Å². The minimum absolute atomic E-state index is 0.459. The second kappa shape index (κ2) is 5.70. The van der Waals surface area contributed by atoms with Gasteiger partial charge in [-0.1, -0.05) is 17.7 Å². The lowest BCUT2D eigenvalue weighted by Gasteiger charge is -2.32. The van der Waals surface area contributed by atoms with E-state index >= 15 is 0 Å². The first-order chi connectivity index (χ1) is 10.5. The van der Waals surface area contributed by atoms with Crippen LogP contribution in [0.5, 0.6) is 5.75 Å². The van der Waals surface area contributed by atoms with Crippen LogP contribution in [0.25, 0.3) is 0 Å². The van der Waals surface area contributed by atoms with Gasteiger partial charge in [-0.15, -0.1) is 0 Å². The quantitative estimate of drug-likeness (QED) is 0.561. The van der Waals surface area contributed by atoms with Crippen LogP contribution >= 0.6 is 0 Å². The molecule has 0 fully saturated rings. The second-order valence-electron chi connectivity index (χ2n) is 4.51. The molecule has 1 aromatic carbocycles. The molecule has 0 aliphatic rings. The monoisotopic (exact) mass is 390 g/mol. The molecule has 0 aliphatic heterocycles. The van der Waals surface area contributed by atoms with Gasteiger partial charge >= 0.3 is 33.4 Å². The van der Waals surface area contributed by atoms with Crippen LogP contribution in [0.3, 0.4) is 0 Å². The van der Waals surface area contributed by atoms with Gasteiger partial charge in [-0.3, -0.25) is 0 Å². The van der Waals surface area contributed by atoms with Gasteiger partial charge in [-0.25, -0.2) is 0 Å². The summed E-state index contributed by atoms with van der Waals surface area (Å²) < 4.78 is 140. The Morgan fingerprint density at radius 1 is 0.792 bits per heavy atom. The van der Waals surface area contributed by atoms with E-state index in [4.69, 9.17) is 0 Å². The highest BCUT2D eigenvalue weighted by molar-refractivity contribution is 7.88. The molecule has 0 spiro atoms. The van der Waals surface area contributed by atoms with Gasteiger partial charge in [0, 0.05) is 0 Å². The van der Waals surface area contributed by atoms with E-state index in [0.717, 1.165) is 12.1 Å². The van der Waals surface area contributed by atoms with E-state index in [0.29, 0.717) is 17.7 Å². The fourth-order valence-corrected chi connectivity index (χ4v) is 2.20. The van der Waals surface area contributed by atoms with E-state index in [2.05, 4.69) is 4.18 Å². The summed E-state index contributed by atoms with van der Waals surface area (Å²) in [5.74, 6) is -15.6. The number of hydrogen-bond donors (Lipinski definition) is 0. The van der Waals surface area contributed by atoms with Gasteiger partial charge < -0.3 is 4.18 Å². The fraction of sp³-hybridized carbons (Fsp3) is 0.455. The zero-order valence-corrected chi connectivity index (χ0v) is 12.2. The highest BCUT2D eigenvalue weighted by Gasteiger charge is 2.86. The van der Waals surface area contributed by atoms with Crippen LogP contribution < -0.4 is 4.18 Å². The molecule has 138 valence electrons. The van der Waals surface area contributed by atoms with Crippen molar-refractivity contribution < 1.29 is 52.1 Å². The van der Waals surface area contributed by atoms with Gasteiger partial charge in [0.2, 0.25) is 0 Å². The molecular formula is C11H7F9O3S. The summed E-state index contributed by atoms with van der Waals surface area (Å²) in [4.78, 5) is 0. The number of halogens is 9. The molecule has 0 heterocycles. The molecule has 0 unspecified atom stereocenters. The Bertz CT molecular complexity index is 692. The fourth-order valence-electron chi connectivity index (χ4n) is 1.29. The van der Waals surface area contributed by atoms with E-state index in [1.807, 2.05) is 0 Å². The molecule has 0 N–H and O–H groups in total. The Balaban J connectivity index is 3.32. The number of benzene rings is 1. The lowest BCUT2D eigenvalue weighted by Crippen LogP contribution is -2.63. The normalized spacial score (nSPS) is 14.6. The molecule has 1 rings (SSSR count). The summed E-state index contributed by atoms with van der Waals surface area (Å²) >= 11 is 0. The number of rotatable bonds is 5. The molecule has 0 saturated carbocycles. The molecule has 0 saturated heterocycles. The number of alkyl halides is 9. The van der Waals surface area contributed by atoms with Crippen molar-refractivity contribution in [2.24, 2.45) is 0 Å². The third kappa shape index (κ3) is 3.13. The molecule has 0 aliphatic carbocycles. The Kier molecular flexibility index (Phi) is 4.85. The van der Waals surface area contributed by atoms with Gasteiger partial charge in [0.25, 0.3) is 0 Å². The van der Waals surface area contributed by atoms with Crippen molar-refractivity contribution in [2.75, 3.05) is 0 Å². The van der Waals surface area contributed by atoms with Gasteiger partial charge in [-0.05, 0) is 19.1 Å². The molecule has 0 atom stereocenters. The standard InChI is InChI=1S/C11H7F9O3S/c1-6-2-4-7(5-3-6)23-24(21,22)11(19,20)9(14,15)8(12,13)10(16,17)18/h2-5H,1H3. The average Bonchev–Trinajstić information content (AvgIpc) is 2.39. The SMILES string of the molecule is Cc1ccc(OS(=O)(=O)C(F)(F)C(F)(F)C(F)(F)C(F)(F)F)cc1. The van der Waals surface area contributed by atoms with Gasteiger partial charge in [0.15, 0.2) is 0 Å². The first-order valence-electron chi connectivity index (χ1n) is 5.68. The van der Waals surface area contributed by atoms with Crippen molar-refractivity contribution in [3.63, 3.8) is 0 Å². The lowest BCUT2D eigenvalue weighted by atomic mass is 10.1. The van der Waals surface area contributed by atoms with Crippen molar-refractivity contribution in [3.05, 3.63) is 29.8 Å². The molecule has 3 nitrogen and oxygen atoms in total. The Labute approximate surface area is 129 Å². The Morgan fingerprint density at radius 2 is 1.21 bits per heavy atom.